The second kappa shape index (κ2) is 12.8. The van der Waals surface area contributed by atoms with E-state index in [2.05, 4.69) is 130 Å². The van der Waals surface area contributed by atoms with E-state index in [1.165, 1.54) is 32.3 Å². The number of fused-ring (bicyclic) bond motifs is 9. The molecule has 270 valence electrons. The minimum absolute atomic E-state index is 0.631. The second-order valence-electron chi connectivity index (χ2n) is 14.7. The van der Waals surface area contributed by atoms with Gasteiger partial charge in [0.15, 0.2) is 17.5 Å². The molecule has 12 rings (SSSR count). The quantitative estimate of drug-likeness (QED) is 0.176. The Kier molecular flexibility index (Phi) is 7.13. The maximum Gasteiger partial charge on any atom is 0.164 e. The van der Waals surface area contributed by atoms with Gasteiger partial charge in [-0.05, 0) is 64.7 Å². The Bertz CT molecular complexity index is 3500. The lowest BCUT2D eigenvalue weighted by molar-refractivity contribution is 1.08. The van der Waals surface area contributed by atoms with Crippen molar-refractivity contribution in [3.8, 4) is 45.7 Å². The zero-order chi connectivity index (χ0) is 38.2. The van der Waals surface area contributed by atoms with E-state index in [4.69, 9.17) is 19.9 Å². The molecule has 0 spiro atoms. The summed E-state index contributed by atoms with van der Waals surface area (Å²) in [4.78, 5) is 20.1. The average Bonchev–Trinajstić information content (AvgIpc) is 3.80. The summed E-state index contributed by atoms with van der Waals surface area (Å²) in [7, 11) is 0. The van der Waals surface area contributed by atoms with Gasteiger partial charge in [0.05, 0.1) is 27.8 Å². The topological polar surface area (TPSA) is 61.4 Å². The minimum atomic E-state index is 0.631. The highest BCUT2D eigenvalue weighted by Gasteiger charge is 2.22. The van der Waals surface area contributed by atoms with Gasteiger partial charge in [0.25, 0.3) is 0 Å². The van der Waals surface area contributed by atoms with Crippen LogP contribution >= 0.6 is 0 Å². The van der Waals surface area contributed by atoms with Crippen LogP contribution in [-0.2, 0) is 0 Å². The van der Waals surface area contributed by atoms with E-state index < -0.39 is 0 Å². The van der Waals surface area contributed by atoms with Gasteiger partial charge < -0.3 is 4.57 Å². The fourth-order valence-electron chi connectivity index (χ4n) is 8.84. The van der Waals surface area contributed by atoms with E-state index in [1.54, 1.807) is 0 Å². The normalized spacial score (nSPS) is 11.8. The van der Waals surface area contributed by atoms with Crippen molar-refractivity contribution in [3.63, 3.8) is 0 Å². The van der Waals surface area contributed by atoms with Gasteiger partial charge in [-0.15, -0.1) is 0 Å². The van der Waals surface area contributed by atoms with Crippen LogP contribution in [0.2, 0.25) is 0 Å². The zero-order valence-corrected chi connectivity index (χ0v) is 31.2. The highest BCUT2D eigenvalue weighted by molar-refractivity contribution is 6.25. The van der Waals surface area contributed by atoms with Gasteiger partial charge in [0.2, 0.25) is 0 Å². The first-order valence-electron chi connectivity index (χ1n) is 19.5. The van der Waals surface area contributed by atoms with Gasteiger partial charge in [-0.3, -0.25) is 4.57 Å². The Morgan fingerprint density at radius 2 is 0.966 bits per heavy atom. The van der Waals surface area contributed by atoms with Crippen LogP contribution in [0, 0.1) is 0 Å². The van der Waals surface area contributed by atoms with Gasteiger partial charge in [-0.2, -0.15) is 0 Å². The van der Waals surface area contributed by atoms with E-state index in [0.717, 1.165) is 61.0 Å². The molecular formula is C52H32N6. The number of hydrogen-bond donors (Lipinski definition) is 0. The fraction of sp³-hybridized carbons (Fsp3) is 0. The van der Waals surface area contributed by atoms with Crippen molar-refractivity contribution < 1.29 is 0 Å². The summed E-state index contributed by atoms with van der Waals surface area (Å²) in [6.07, 6.45) is 1.87. The van der Waals surface area contributed by atoms with Crippen molar-refractivity contribution in [3.05, 3.63) is 194 Å². The molecule has 8 aromatic carbocycles. The molecule has 0 aliphatic rings. The third-order valence-corrected chi connectivity index (χ3v) is 11.4. The molecule has 0 saturated carbocycles. The van der Waals surface area contributed by atoms with Crippen molar-refractivity contribution in [2.45, 2.75) is 0 Å². The monoisotopic (exact) mass is 740 g/mol. The molecule has 0 aliphatic carbocycles. The Morgan fingerprint density at radius 1 is 0.345 bits per heavy atom. The maximum absolute atomic E-state index is 5.12. The first kappa shape index (κ1) is 32.3. The number of para-hydroxylation sites is 1. The lowest BCUT2D eigenvalue weighted by Gasteiger charge is -2.15. The molecule has 58 heavy (non-hydrogen) atoms. The zero-order valence-electron chi connectivity index (χ0n) is 31.2. The number of pyridine rings is 1. The van der Waals surface area contributed by atoms with Crippen molar-refractivity contribution in [1.29, 1.82) is 0 Å². The van der Waals surface area contributed by atoms with Gasteiger partial charge in [0.1, 0.15) is 5.82 Å². The van der Waals surface area contributed by atoms with E-state index in [9.17, 15) is 0 Å². The highest BCUT2D eigenvalue weighted by Crippen LogP contribution is 2.43. The molecule has 4 aromatic heterocycles. The summed E-state index contributed by atoms with van der Waals surface area (Å²) in [5, 5.41) is 9.43. The number of benzene rings is 8. The lowest BCUT2D eigenvalue weighted by Crippen LogP contribution is -2.02. The molecule has 0 N–H and O–H groups in total. The standard InChI is InChI=1S/C52H32N6/c1-3-16-34(17-4-1)50-54-51(35-18-5-2-6-19-35)56-52(55-50)40-27-29-44(38-22-10-9-21-37(38)40)57-43-24-12-11-23-39(43)41-31-42-47(32-46(41)57)58(48-25-13-14-30-53-48)45-28-26-33-15-7-8-20-36(33)49(42)45/h1-32H. The average molecular weight is 741 g/mol. The Morgan fingerprint density at radius 3 is 1.71 bits per heavy atom. The van der Waals surface area contributed by atoms with Gasteiger partial charge in [-0.25, -0.2) is 19.9 Å². The smallest absolute Gasteiger partial charge is 0.164 e. The second-order valence-corrected chi connectivity index (χ2v) is 14.7. The number of hydrogen-bond acceptors (Lipinski definition) is 4. The molecular weight excluding hydrogens is 709 g/mol. The number of nitrogens with zero attached hydrogens (tertiary/aromatic N) is 6. The largest absolute Gasteiger partial charge is 0.309 e. The molecule has 0 saturated heterocycles. The van der Waals surface area contributed by atoms with Crippen molar-refractivity contribution >= 4 is 65.2 Å². The number of rotatable bonds is 5. The maximum atomic E-state index is 5.12. The molecule has 0 fully saturated rings. The van der Waals surface area contributed by atoms with Crippen molar-refractivity contribution in [2.24, 2.45) is 0 Å². The Hall–Kier alpha value is -7.96. The third kappa shape index (κ3) is 4.92. The molecule has 6 heteroatoms. The van der Waals surface area contributed by atoms with Crippen LogP contribution in [0.15, 0.2) is 194 Å². The molecule has 0 atom stereocenters. The van der Waals surface area contributed by atoms with Crippen LogP contribution in [0.25, 0.3) is 111 Å². The van der Waals surface area contributed by atoms with E-state index in [-0.39, 0.29) is 0 Å². The predicted octanol–water partition coefficient (Wildman–Crippen LogP) is 12.8. The lowest BCUT2D eigenvalue weighted by atomic mass is 10.0. The van der Waals surface area contributed by atoms with Crippen LogP contribution in [0.3, 0.4) is 0 Å². The first-order chi connectivity index (χ1) is 28.8. The first-order valence-corrected chi connectivity index (χ1v) is 19.5. The van der Waals surface area contributed by atoms with Gasteiger partial charge in [0, 0.05) is 49.8 Å². The Labute approximate surface area is 333 Å². The van der Waals surface area contributed by atoms with E-state index in [1.807, 2.05) is 72.9 Å². The Balaban J connectivity index is 1.15. The predicted molar refractivity (Wildman–Crippen MR) is 238 cm³/mol. The molecule has 12 aromatic rings. The minimum Gasteiger partial charge on any atom is -0.309 e. The molecule has 0 bridgehead atoms. The summed E-state index contributed by atoms with van der Waals surface area (Å²) in [5.74, 6) is 2.79. The van der Waals surface area contributed by atoms with Crippen LogP contribution in [0.1, 0.15) is 0 Å². The summed E-state index contributed by atoms with van der Waals surface area (Å²) < 4.78 is 4.74. The summed E-state index contributed by atoms with van der Waals surface area (Å²) in [6, 6.07) is 66.0. The molecule has 0 aliphatic heterocycles. The highest BCUT2D eigenvalue weighted by atomic mass is 15.1. The number of aromatic nitrogens is 6. The fourth-order valence-corrected chi connectivity index (χ4v) is 8.84. The van der Waals surface area contributed by atoms with Crippen molar-refractivity contribution in [1.82, 2.24) is 29.1 Å². The summed E-state index contributed by atoms with van der Waals surface area (Å²) in [5.41, 5.74) is 8.41. The van der Waals surface area contributed by atoms with Gasteiger partial charge >= 0.3 is 0 Å². The molecule has 4 heterocycles. The molecule has 6 nitrogen and oxygen atoms in total. The van der Waals surface area contributed by atoms with E-state index >= 15 is 0 Å². The molecule has 0 unspecified atom stereocenters. The van der Waals surface area contributed by atoms with Gasteiger partial charge in [-0.1, -0.05) is 140 Å². The SMILES string of the molecule is c1ccc(-c2nc(-c3ccccc3)nc(-c3ccc(-n4c5ccccc5c5cc6c7c8ccccc8ccc7n(-c7ccccn7)c6cc54)c4ccccc34)n2)cc1. The summed E-state index contributed by atoms with van der Waals surface area (Å²) >= 11 is 0. The summed E-state index contributed by atoms with van der Waals surface area (Å²) in [6.45, 7) is 0. The molecule has 0 radical (unpaired) electrons. The van der Waals surface area contributed by atoms with Crippen LogP contribution in [-0.4, -0.2) is 29.1 Å². The third-order valence-electron chi connectivity index (χ3n) is 11.4. The van der Waals surface area contributed by atoms with E-state index in [0.29, 0.717) is 17.5 Å². The van der Waals surface area contributed by atoms with Crippen LogP contribution in [0.4, 0.5) is 0 Å². The van der Waals surface area contributed by atoms with Crippen LogP contribution in [0.5, 0.6) is 0 Å². The van der Waals surface area contributed by atoms with Crippen LogP contribution < -0.4 is 0 Å². The van der Waals surface area contributed by atoms with Crippen molar-refractivity contribution in [2.75, 3.05) is 0 Å². The molecule has 0 amide bonds.